The van der Waals surface area contributed by atoms with Crippen LogP contribution in [0.1, 0.15) is 12.8 Å². The van der Waals surface area contributed by atoms with Crippen LogP contribution in [0.2, 0.25) is 0 Å². The Kier molecular flexibility index (Phi) is 4.10. The summed E-state index contributed by atoms with van der Waals surface area (Å²) in [6, 6.07) is 0.696. The molecule has 0 aromatic carbocycles. The second-order valence-corrected chi connectivity index (χ2v) is 6.98. The molecule has 0 spiro atoms. The fourth-order valence-electron chi connectivity index (χ4n) is 2.17. The molecule has 108 valence electrons. The Morgan fingerprint density at radius 2 is 1.74 bits per heavy atom. The van der Waals surface area contributed by atoms with Crippen molar-refractivity contribution in [1.82, 2.24) is 15.1 Å². The predicted molar refractivity (Wildman–Crippen MR) is 69.4 cm³/mol. The number of nitrogens with one attached hydrogen (secondary N) is 1. The summed E-state index contributed by atoms with van der Waals surface area (Å²) in [5.41, 5.74) is 0. The van der Waals surface area contributed by atoms with Gasteiger partial charge in [0.2, 0.25) is 15.7 Å². The van der Waals surface area contributed by atoms with Crippen LogP contribution in [0.4, 0.5) is 4.79 Å². The molecular weight excluding hydrogens is 270 g/mol. The maximum Gasteiger partial charge on any atom is 0.336 e. The molecule has 1 N–H and O–H groups in total. The smallest absolute Gasteiger partial charge is 0.336 e. The zero-order valence-electron chi connectivity index (χ0n) is 11.0. The highest BCUT2D eigenvalue weighted by Gasteiger charge is 2.32. The van der Waals surface area contributed by atoms with E-state index >= 15 is 0 Å². The van der Waals surface area contributed by atoms with E-state index in [1.807, 2.05) is 0 Å². The molecular formula is C11H19N3O4S. The summed E-state index contributed by atoms with van der Waals surface area (Å²) in [6.07, 6.45) is 3.32. The van der Waals surface area contributed by atoms with Gasteiger partial charge in [-0.3, -0.25) is 14.5 Å². The van der Waals surface area contributed by atoms with Gasteiger partial charge in [0.25, 0.3) is 0 Å². The monoisotopic (exact) mass is 289 g/mol. The van der Waals surface area contributed by atoms with Crippen molar-refractivity contribution in [2.75, 3.05) is 39.0 Å². The highest BCUT2D eigenvalue weighted by Crippen LogP contribution is 2.27. The lowest BCUT2D eigenvalue weighted by molar-refractivity contribution is -0.131. The summed E-state index contributed by atoms with van der Waals surface area (Å²) in [5.74, 6) is -0.229. The van der Waals surface area contributed by atoms with Crippen LogP contribution in [-0.2, 0) is 14.6 Å². The van der Waals surface area contributed by atoms with Gasteiger partial charge in [0.15, 0.2) is 0 Å². The van der Waals surface area contributed by atoms with Gasteiger partial charge in [-0.2, -0.15) is 0 Å². The van der Waals surface area contributed by atoms with Gasteiger partial charge in [0.05, 0.1) is 6.54 Å². The molecule has 2 rings (SSSR count). The quantitative estimate of drug-likeness (QED) is 0.723. The second-order valence-electron chi connectivity index (χ2n) is 5.06. The normalized spacial score (nSPS) is 21.2. The minimum atomic E-state index is -3.77. The van der Waals surface area contributed by atoms with Crippen molar-refractivity contribution in [3.05, 3.63) is 0 Å². The minimum Gasteiger partial charge on any atom is -0.339 e. The van der Waals surface area contributed by atoms with Gasteiger partial charge in [-0.25, -0.2) is 8.42 Å². The van der Waals surface area contributed by atoms with Crippen molar-refractivity contribution in [3.8, 4) is 0 Å². The number of rotatable bonds is 3. The number of nitrogens with zero attached hydrogens (tertiary/aromatic N) is 2. The molecule has 0 aromatic rings. The predicted octanol–water partition coefficient (Wildman–Crippen LogP) is -0.953. The van der Waals surface area contributed by atoms with E-state index in [4.69, 9.17) is 0 Å². The van der Waals surface area contributed by atoms with E-state index < -0.39 is 15.1 Å². The van der Waals surface area contributed by atoms with E-state index in [1.165, 1.54) is 12.8 Å². The average Bonchev–Trinajstić information content (AvgIpc) is 3.18. The fourth-order valence-corrected chi connectivity index (χ4v) is 2.50. The first-order valence-electron chi connectivity index (χ1n) is 6.37. The zero-order valence-corrected chi connectivity index (χ0v) is 11.8. The SMILES string of the molecule is CS(=O)(=O)C(=O)NCC(=O)N1CCN(C2CC2)CC1. The third-order valence-electron chi connectivity index (χ3n) is 3.45. The molecule has 1 saturated carbocycles. The van der Waals surface area contributed by atoms with Crippen molar-refractivity contribution in [2.24, 2.45) is 0 Å². The molecule has 0 radical (unpaired) electrons. The number of amides is 2. The summed E-state index contributed by atoms with van der Waals surface area (Å²) in [6.45, 7) is 2.75. The molecule has 19 heavy (non-hydrogen) atoms. The molecule has 7 nitrogen and oxygen atoms in total. The Labute approximate surface area is 112 Å². The average molecular weight is 289 g/mol. The van der Waals surface area contributed by atoms with Crippen LogP contribution >= 0.6 is 0 Å². The number of hydrogen-bond acceptors (Lipinski definition) is 5. The van der Waals surface area contributed by atoms with E-state index in [2.05, 4.69) is 10.2 Å². The Morgan fingerprint density at radius 1 is 1.16 bits per heavy atom. The number of hydrogen-bond donors (Lipinski definition) is 1. The van der Waals surface area contributed by atoms with Crippen molar-refractivity contribution in [1.29, 1.82) is 0 Å². The van der Waals surface area contributed by atoms with E-state index in [1.54, 1.807) is 4.90 Å². The molecule has 8 heteroatoms. The molecule has 0 aromatic heterocycles. The van der Waals surface area contributed by atoms with E-state index in [0.717, 1.165) is 19.3 Å². The van der Waals surface area contributed by atoms with Gasteiger partial charge in [0.1, 0.15) is 0 Å². The number of sulfone groups is 1. The molecule has 2 amide bonds. The van der Waals surface area contributed by atoms with Gasteiger partial charge in [0, 0.05) is 38.5 Å². The number of carbonyl (C=O) groups is 2. The largest absolute Gasteiger partial charge is 0.339 e. The summed E-state index contributed by atoms with van der Waals surface area (Å²) in [7, 11) is -3.77. The molecule has 0 atom stereocenters. The Bertz CT molecular complexity index is 464. The number of carbonyl (C=O) groups excluding carboxylic acids is 2. The second kappa shape index (κ2) is 5.46. The molecule has 1 saturated heterocycles. The lowest BCUT2D eigenvalue weighted by Gasteiger charge is -2.34. The first-order chi connectivity index (χ1) is 8.88. The molecule has 2 fully saturated rings. The highest BCUT2D eigenvalue weighted by molar-refractivity contribution is 8.05. The lowest BCUT2D eigenvalue weighted by Crippen LogP contribution is -2.51. The molecule has 0 bridgehead atoms. The first-order valence-corrected chi connectivity index (χ1v) is 8.27. The lowest BCUT2D eigenvalue weighted by atomic mass is 10.3. The van der Waals surface area contributed by atoms with Crippen LogP contribution in [0.25, 0.3) is 0 Å². The van der Waals surface area contributed by atoms with Crippen molar-refractivity contribution >= 4 is 21.0 Å². The van der Waals surface area contributed by atoms with Crippen LogP contribution in [0.3, 0.4) is 0 Å². The van der Waals surface area contributed by atoms with Crippen molar-refractivity contribution in [3.63, 3.8) is 0 Å². The third-order valence-corrected chi connectivity index (χ3v) is 4.27. The van der Waals surface area contributed by atoms with Gasteiger partial charge in [-0.15, -0.1) is 0 Å². The topological polar surface area (TPSA) is 86.8 Å². The van der Waals surface area contributed by atoms with Gasteiger partial charge >= 0.3 is 5.24 Å². The standard InChI is InChI=1S/C11H19N3O4S/c1-19(17,18)11(16)12-8-10(15)14-6-4-13(5-7-14)9-2-3-9/h9H,2-8H2,1H3,(H,12,16). The molecule has 1 aliphatic carbocycles. The van der Waals surface area contributed by atoms with E-state index in [9.17, 15) is 18.0 Å². The minimum absolute atomic E-state index is 0.229. The van der Waals surface area contributed by atoms with Gasteiger partial charge in [-0.05, 0) is 12.8 Å². The molecule has 0 unspecified atom stereocenters. The van der Waals surface area contributed by atoms with Crippen LogP contribution in [-0.4, -0.2) is 74.4 Å². The first kappa shape index (κ1) is 14.3. The van der Waals surface area contributed by atoms with E-state index in [0.29, 0.717) is 19.1 Å². The maximum atomic E-state index is 11.8. The van der Waals surface area contributed by atoms with E-state index in [-0.39, 0.29) is 12.5 Å². The number of piperazine rings is 1. The Hall–Kier alpha value is -1.15. The van der Waals surface area contributed by atoms with Crippen LogP contribution < -0.4 is 5.32 Å². The molecule has 2 aliphatic rings. The Morgan fingerprint density at radius 3 is 2.21 bits per heavy atom. The Balaban J connectivity index is 1.73. The third kappa shape index (κ3) is 3.90. The summed E-state index contributed by atoms with van der Waals surface area (Å²) >= 11 is 0. The fraction of sp³-hybridized carbons (Fsp3) is 0.818. The summed E-state index contributed by atoms with van der Waals surface area (Å²) in [5, 5.41) is 1.03. The highest BCUT2D eigenvalue weighted by atomic mass is 32.2. The summed E-state index contributed by atoms with van der Waals surface area (Å²) in [4.78, 5) is 27.0. The maximum absolute atomic E-state index is 11.8. The van der Waals surface area contributed by atoms with Crippen LogP contribution in [0, 0.1) is 0 Å². The van der Waals surface area contributed by atoms with Gasteiger partial charge < -0.3 is 10.2 Å². The van der Waals surface area contributed by atoms with Crippen LogP contribution in [0.15, 0.2) is 0 Å². The van der Waals surface area contributed by atoms with Gasteiger partial charge in [-0.1, -0.05) is 0 Å². The van der Waals surface area contributed by atoms with Crippen molar-refractivity contribution < 1.29 is 18.0 Å². The molecule has 1 heterocycles. The molecule has 1 aliphatic heterocycles. The van der Waals surface area contributed by atoms with Crippen LogP contribution in [0.5, 0.6) is 0 Å². The van der Waals surface area contributed by atoms with Crippen molar-refractivity contribution in [2.45, 2.75) is 18.9 Å². The summed E-state index contributed by atoms with van der Waals surface area (Å²) < 4.78 is 21.8. The zero-order chi connectivity index (χ0) is 14.0.